The number of nitrogens with zero attached hydrogens (tertiary/aromatic N) is 5. The minimum Gasteiger partial charge on any atom is -0.357 e. The smallest absolute Gasteiger partial charge is 0.191 e. The average molecular weight is 446 g/mol. The zero-order chi connectivity index (χ0) is 23.0. The maximum Gasteiger partial charge on any atom is 0.191 e. The van der Waals surface area contributed by atoms with E-state index >= 15 is 0 Å². The van der Waals surface area contributed by atoms with Crippen LogP contribution < -0.4 is 15.5 Å². The van der Waals surface area contributed by atoms with Crippen LogP contribution in [0.4, 0.5) is 5.82 Å². The number of aryl methyl sites for hydroxylation is 2. The number of hydrogen-bond acceptors (Lipinski definition) is 4. The lowest BCUT2D eigenvalue weighted by Gasteiger charge is -2.22. The average Bonchev–Trinajstić information content (AvgIpc) is 3.02. The summed E-state index contributed by atoms with van der Waals surface area (Å²) in [6.45, 7) is 7.65. The van der Waals surface area contributed by atoms with Crippen LogP contribution >= 0.6 is 0 Å². The number of pyridine rings is 1. The molecule has 174 valence electrons. The third-order valence-corrected chi connectivity index (χ3v) is 6.10. The summed E-state index contributed by atoms with van der Waals surface area (Å²) in [7, 11) is 1.80. The Balaban J connectivity index is 1.38. The number of hydrogen-bond donors (Lipinski definition) is 2. The number of guanidine groups is 1. The second-order valence-corrected chi connectivity index (χ2v) is 8.67. The summed E-state index contributed by atoms with van der Waals surface area (Å²) in [6, 6.07) is 14.7. The monoisotopic (exact) mass is 445 g/mol. The van der Waals surface area contributed by atoms with E-state index in [1.165, 1.54) is 36.8 Å². The Bertz CT molecular complexity index is 1080. The van der Waals surface area contributed by atoms with Crippen LogP contribution in [0.2, 0.25) is 0 Å². The SMILES string of the molecule is CN=C(NCc1ccnc(N2CCCCCC2)c1)NCc1ccccc1-n1nc(C)cc1C. The minimum atomic E-state index is 0.656. The van der Waals surface area contributed by atoms with Gasteiger partial charge in [-0.1, -0.05) is 31.0 Å². The van der Waals surface area contributed by atoms with E-state index in [0.29, 0.717) is 13.1 Å². The standard InChI is InChI=1S/C26H35N7/c1-20-16-21(2)33(31-20)24-11-7-6-10-23(24)19-30-26(27-3)29-18-22-12-13-28-25(17-22)32-14-8-4-5-9-15-32/h6-7,10-13,16-17H,4-5,8-9,14-15,18-19H2,1-3H3,(H2,27,29,30). The fourth-order valence-electron chi connectivity index (χ4n) is 4.37. The van der Waals surface area contributed by atoms with E-state index in [1.807, 2.05) is 23.9 Å². The molecule has 0 unspecified atom stereocenters. The van der Waals surface area contributed by atoms with Gasteiger partial charge in [-0.2, -0.15) is 5.10 Å². The van der Waals surface area contributed by atoms with Crippen molar-refractivity contribution in [2.24, 2.45) is 4.99 Å². The highest BCUT2D eigenvalue weighted by molar-refractivity contribution is 5.79. The molecule has 7 nitrogen and oxygen atoms in total. The van der Waals surface area contributed by atoms with Gasteiger partial charge in [0, 0.05) is 45.1 Å². The van der Waals surface area contributed by atoms with Gasteiger partial charge >= 0.3 is 0 Å². The third-order valence-electron chi connectivity index (χ3n) is 6.10. The molecule has 1 aromatic carbocycles. The van der Waals surface area contributed by atoms with Crippen LogP contribution in [-0.4, -0.2) is 40.9 Å². The molecule has 1 fully saturated rings. The fourth-order valence-corrected chi connectivity index (χ4v) is 4.37. The maximum absolute atomic E-state index is 4.65. The van der Waals surface area contributed by atoms with Gasteiger partial charge < -0.3 is 15.5 Å². The van der Waals surface area contributed by atoms with Crippen LogP contribution in [0.15, 0.2) is 53.7 Å². The summed E-state index contributed by atoms with van der Waals surface area (Å²) in [5.41, 5.74) is 5.60. The molecule has 0 radical (unpaired) electrons. The molecule has 0 bridgehead atoms. The largest absolute Gasteiger partial charge is 0.357 e. The first-order valence-corrected chi connectivity index (χ1v) is 11.9. The first-order chi connectivity index (χ1) is 16.1. The van der Waals surface area contributed by atoms with Crippen LogP contribution in [0.3, 0.4) is 0 Å². The molecular formula is C26H35N7. The topological polar surface area (TPSA) is 70.4 Å². The molecule has 3 aromatic rings. The molecule has 0 atom stereocenters. The molecule has 2 N–H and O–H groups in total. The predicted molar refractivity (Wildman–Crippen MR) is 135 cm³/mol. The van der Waals surface area contributed by atoms with Crippen molar-refractivity contribution in [2.45, 2.75) is 52.6 Å². The van der Waals surface area contributed by atoms with E-state index in [9.17, 15) is 0 Å². The lowest BCUT2D eigenvalue weighted by molar-refractivity contribution is 0.726. The van der Waals surface area contributed by atoms with Crippen LogP contribution in [0.25, 0.3) is 5.69 Å². The highest BCUT2D eigenvalue weighted by Gasteiger charge is 2.12. The fraction of sp³-hybridized carbons (Fsp3) is 0.423. The van der Waals surface area contributed by atoms with Gasteiger partial charge in [0.25, 0.3) is 0 Å². The maximum atomic E-state index is 4.65. The first-order valence-electron chi connectivity index (χ1n) is 11.9. The third kappa shape index (κ3) is 5.92. The van der Waals surface area contributed by atoms with Crippen LogP contribution in [0.5, 0.6) is 0 Å². The van der Waals surface area contributed by atoms with Gasteiger partial charge in [0.05, 0.1) is 11.4 Å². The Morgan fingerprint density at radius 2 is 1.73 bits per heavy atom. The predicted octanol–water partition coefficient (Wildman–Crippen LogP) is 4.13. The molecule has 0 saturated carbocycles. The van der Waals surface area contributed by atoms with Crippen molar-refractivity contribution in [1.82, 2.24) is 25.4 Å². The van der Waals surface area contributed by atoms with Crippen LogP contribution in [0, 0.1) is 13.8 Å². The normalized spacial score (nSPS) is 14.8. The van der Waals surface area contributed by atoms with Crippen LogP contribution in [-0.2, 0) is 13.1 Å². The van der Waals surface area contributed by atoms with Crippen molar-refractivity contribution in [1.29, 1.82) is 0 Å². The number of nitrogens with one attached hydrogen (secondary N) is 2. The molecule has 0 amide bonds. The molecule has 0 aliphatic carbocycles. The van der Waals surface area contributed by atoms with Gasteiger partial charge in [-0.3, -0.25) is 4.99 Å². The lowest BCUT2D eigenvalue weighted by Crippen LogP contribution is -2.36. The second kappa shape index (κ2) is 11.0. The van der Waals surface area contributed by atoms with E-state index in [0.717, 1.165) is 41.9 Å². The number of rotatable bonds is 6. The zero-order valence-corrected chi connectivity index (χ0v) is 20.0. The molecule has 1 aliphatic rings. The Hall–Kier alpha value is -3.35. The molecular weight excluding hydrogens is 410 g/mol. The summed E-state index contributed by atoms with van der Waals surface area (Å²) in [5.74, 6) is 1.85. The Kier molecular flexibility index (Phi) is 7.60. The number of benzene rings is 1. The molecule has 2 aromatic heterocycles. The highest BCUT2D eigenvalue weighted by atomic mass is 15.3. The molecule has 7 heteroatoms. The summed E-state index contributed by atoms with van der Waals surface area (Å²) in [4.78, 5) is 11.4. The van der Waals surface area contributed by atoms with Gasteiger partial charge in [0.15, 0.2) is 5.96 Å². The first kappa shape index (κ1) is 22.8. The van der Waals surface area contributed by atoms with Gasteiger partial charge in [-0.25, -0.2) is 9.67 Å². The van der Waals surface area contributed by atoms with E-state index < -0.39 is 0 Å². The summed E-state index contributed by atoms with van der Waals surface area (Å²) in [6.07, 6.45) is 7.06. The van der Waals surface area contributed by atoms with E-state index in [4.69, 9.17) is 0 Å². The summed E-state index contributed by atoms with van der Waals surface area (Å²) in [5, 5.41) is 11.5. The number of para-hydroxylation sites is 1. The summed E-state index contributed by atoms with van der Waals surface area (Å²) < 4.78 is 2.00. The van der Waals surface area contributed by atoms with Crippen molar-refractivity contribution in [3.8, 4) is 5.69 Å². The summed E-state index contributed by atoms with van der Waals surface area (Å²) >= 11 is 0. The zero-order valence-electron chi connectivity index (χ0n) is 20.0. The van der Waals surface area contributed by atoms with Crippen molar-refractivity contribution >= 4 is 11.8 Å². The van der Waals surface area contributed by atoms with E-state index in [2.05, 4.69) is 73.9 Å². The van der Waals surface area contributed by atoms with Crippen molar-refractivity contribution in [2.75, 3.05) is 25.0 Å². The molecule has 3 heterocycles. The van der Waals surface area contributed by atoms with Crippen molar-refractivity contribution in [3.63, 3.8) is 0 Å². The minimum absolute atomic E-state index is 0.656. The Labute approximate surface area is 197 Å². The van der Waals surface area contributed by atoms with E-state index in [-0.39, 0.29) is 0 Å². The Morgan fingerprint density at radius 1 is 0.970 bits per heavy atom. The molecule has 0 spiro atoms. The number of aromatic nitrogens is 3. The van der Waals surface area contributed by atoms with Gasteiger partial charge in [-0.15, -0.1) is 0 Å². The highest BCUT2D eigenvalue weighted by Crippen LogP contribution is 2.19. The van der Waals surface area contributed by atoms with Crippen molar-refractivity contribution < 1.29 is 0 Å². The van der Waals surface area contributed by atoms with Gasteiger partial charge in [0.2, 0.25) is 0 Å². The molecule has 33 heavy (non-hydrogen) atoms. The molecule has 1 saturated heterocycles. The lowest BCUT2D eigenvalue weighted by atomic mass is 10.1. The van der Waals surface area contributed by atoms with Crippen molar-refractivity contribution in [3.05, 3.63) is 71.2 Å². The van der Waals surface area contributed by atoms with Crippen LogP contribution in [0.1, 0.15) is 48.2 Å². The van der Waals surface area contributed by atoms with Gasteiger partial charge in [-0.05, 0) is 62.1 Å². The second-order valence-electron chi connectivity index (χ2n) is 8.67. The number of anilines is 1. The molecule has 4 rings (SSSR count). The number of aliphatic imine (C=N–C) groups is 1. The Morgan fingerprint density at radius 3 is 2.45 bits per heavy atom. The quantitative estimate of drug-likeness (QED) is 0.441. The van der Waals surface area contributed by atoms with E-state index in [1.54, 1.807) is 7.05 Å². The van der Waals surface area contributed by atoms with Gasteiger partial charge in [0.1, 0.15) is 5.82 Å². The molecule has 1 aliphatic heterocycles.